The molecule has 0 bridgehead atoms. The Labute approximate surface area is 102 Å². The molecule has 0 spiro atoms. The average Bonchev–Trinajstić information content (AvgIpc) is 3.10. The van der Waals surface area contributed by atoms with Crippen LogP contribution < -0.4 is 11.1 Å². The Balaban J connectivity index is 2.06. The Hall–Kier alpha value is -1.35. The summed E-state index contributed by atoms with van der Waals surface area (Å²) < 4.78 is 0. The van der Waals surface area contributed by atoms with Gasteiger partial charge in [-0.1, -0.05) is 13.0 Å². The molecule has 3 nitrogen and oxygen atoms in total. The molecule has 1 aromatic carbocycles. The third-order valence-corrected chi connectivity index (χ3v) is 3.38. The fourth-order valence-electron chi connectivity index (χ4n) is 2.12. The average molecular weight is 232 g/mol. The van der Waals surface area contributed by atoms with Crippen LogP contribution >= 0.6 is 0 Å². The van der Waals surface area contributed by atoms with Crippen molar-refractivity contribution in [3.8, 4) is 0 Å². The van der Waals surface area contributed by atoms with Gasteiger partial charge >= 0.3 is 0 Å². The Morgan fingerprint density at radius 3 is 2.76 bits per heavy atom. The van der Waals surface area contributed by atoms with Gasteiger partial charge in [0.1, 0.15) is 0 Å². The number of nitrogens with two attached hydrogens (primary N) is 1. The molecule has 1 fully saturated rings. The van der Waals surface area contributed by atoms with Crippen molar-refractivity contribution < 1.29 is 4.79 Å². The lowest BCUT2D eigenvalue weighted by molar-refractivity contribution is -0.119. The van der Waals surface area contributed by atoms with Crippen LogP contribution in [-0.4, -0.2) is 5.91 Å². The highest BCUT2D eigenvalue weighted by molar-refractivity contribution is 5.92. The highest BCUT2D eigenvalue weighted by Crippen LogP contribution is 2.37. The minimum Gasteiger partial charge on any atom is -0.326 e. The van der Waals surface area contributed by atoms with Gasteiger partial charge in [0.2, 0.25) is 5.91 Å². The van der Waals surface area contributed by atoms with E-state index in [2.05, 4.69) is 5.32 Å². The molecule has 0 saturated heterocycles. The van der Waals surface area contributed by atoms with Crippen LogP contribution in [0.5, 0.6) is 0 Å². The normalized spacial score (nSPS) is 16.6. The van der Waals surface area contributed by atoms with E-state index >= 15 is 0 Å². The van der Waals surface area contributed by atoms with Crippen molar-refractivity contribution in [2.75, 3.05) is 5.32 Å². The number of nitrogens with one attached hydrogen (secondary N) is 1. The number of benzene rings is 1. The van der Waals surface area contributed by atoms with Crippen molar-refractivity contribution in [1.29, 1.82) is 0 Å². The van der Waals surface area contributed by atoms with Crippen molar-refractivity contribution in [3.63, 3.8) is 0 Å². The smallest absolute Gasteiger partial charge is 0.227 e. The molecule has 1 amide bonds. The fourth-order valence-corrected chi connectivity index (χ4v) is 2.12. The SMILES string of the molecule is Cc1cc(CN)cc(NC(=O)[C@@H](C)C2CC2)c1. The van der Waals surface area contributed by atoms with E-state index in [4.69, 9.17) is 5.73 Å². The maximum Gasteiger partial charge on any atom is 0.227 e. The summed E-state index contributed by atoms with van der Waals surface area (Å²) in [4.78, 5) is 12.0. The van der Waals surface area contributed by atoms with Crippen LogP contribution in [0.15, 0.2) is 18.2 Å². The zero-order valence-corrected chi connectivity index (χ0v) is 10.5. The Morgan fingerprint density at radius 2 is 2.18 bits per heavy atom. The van der Waals surface area contributed by atoms with E-state index in [1.807, 2.05) is 32.0 Å². The lowest BCUT2D eigenvalue weighted by Crippen LogP contribution is -2.22. The number of carbonyl (C=O) groups is 1. The maximum atomic E-state index is 12.0. The second kappa shape index (κ2) is 4.88. The van der Waals surface area contributed by atoms with Crippen molar-refractivity contribution in [2.45, 2.75) is 33.2 Å². The highest BCUT2D eigenvalue weighted by Gasteiger charge is 2.32. The number of hydrogen-bond acceptors (Lipinski definition) is 2. The van der Waals surface area contributed by atoms with Crippen molar-refractivity contribution in [2.24, 2.45) is 17.6 Å². The number of rotatable bonds is 4. The van der Waals surface area contributed by atoms with Gasteiger partial charge in [-0.05, 0) is 48.9 Å². The predicted molar refractivity (Wildman–Crippen MR) is 69.6 cm³/mol. The monoisotopic (exact) mass is 232 g/mol. The molecule has 2 rings (SSSR count). The highest BCUT2D eigenvalue weighted by atomic mass is 16.1. The molecule has 3 heteroatoms. The molecule has 0 aromatic heterocycles. The molecule has 3 N–H and O–H groups in total. The Morgan fingerprint density at radius 1 is 1.47 bits per heavy atom. The third kappa shape index (κ3) is 3.07. The molecule has 1 aliphatic rings. The second-order valence-corrected chi connectivity index (χ2v) is 5.03. The van der Waals surface area contributed by atoms with Gasteiger partial charge in [-0.3, -0.25) is 4.79 Å². The Bertz CT molecular complexity index is 424. The molecular weight excluding hydrogens is 212 g/mol. The lowest BCUT2D eigenvalue weighted by Gasteiger charge is -2.12. The third-order valence-electron chi connectivity index (χ3n) is 3.38. The largest absolute Gasteiger partial charge is 0.326 e. The van der Waals surface area contributed by atoms with E-state index in [9.17, 15) is 4.79 Å². The van der Waals surface area contributed by atoms with Crippen molar-refractivity contribution >= 4 is 11.6 Å². The predicted octanol–water partition coefficient (Wildman–Crippen LogP) is 2.44. The lowest BCUT2D eigenvalue weighted by atomic mass is 10.1. The van der Waals surface area contributed by atoms with Gasteiger partial charge < -0.3 is 11.1 Å². The first-order valence-corrected chi connectivity index (χ1v) is 6.21. The first kappa shape index (κ1) is 12.1. The van der Waals surface area contributed by atoms with Gasteiger partial charge in [0.05, 0.1) is 0 Å². The van der Waals surface area contributed by atoms with Crippen LogP contribution in [0.3, 0.4) is 0 Å². The van der Waals surface area contributed by atoms with Crippen LogP contribution in [0.1, 0.15) is 30.9 Å². The maximum absolute atomic E-state index is 12.0. The quantitative estimate of drug-likeness (QED) is 0.837. The standard InChI is InChI=1S/C14H20N2O/c1-9-5-11(8-15)7-13(6-9)16-14(17)10(2)12-3-4-12/h5-7,10,12H,3-4,8,15H2,1-2H3,(H,16,17)/t10-/m0/s1. The number of carbonyl (C=O) groups excluding carboxylic acids is 1. The summed E-state index contributed by atoms with van der Waals surface area (Å²) >= 11 is 0. The molecule has 0 unspecified atom stereocenters. The van der Waals surface area contributed by atoms with Crippen LogP contribution in [0.25, 0.3) is 0 Å². The minimum atomic E-state index is 0.122. The van der Waals surface area contributed by atoms with Gasteiger partial charge in [-0.25, -0.2) is 0 Å². The van der Waals surface area contributed by atoms with Crippen LogP contribution in [0, 0.1) is 18.8 Å². The van der Waals surface area contributed by atoms with Gasteiger partial charge in [0.25, 0.3) is 0 Å². The first-order chi connectivity index (χ1) is 8.10. The molecule has 1 saturated carbocycles. The molecule has 0 heterocycles. The van der Waals surface area contributed by atoms with Crippen molar-refractivity contribution in [3.05, 3.63) is 29.3 Å². The number of amides is 1. The van der Waals surface area contributed by atoms with E-state index in [1.54, 1.807) is 0 Å². The summed E-state index contributed by atoms with van der Waals surface area (Å²) in [6.07, 6.45) is 2.38. The summed E-state index contributed by atoms with van der Waals surface area (Å²) in [5, 5.41) is 2.98. The van der Waals surface area contributed by atoms with Crippen LogP contribution in [-0.2, 0) is 11.3 Å². The zero-order chi connectivity index (χ0) is 12.4. The zero-order valence-electron chi connectivity index (χ0n) is 10.5. The first-order valence-electron chi connectivity index (χ1n) is 6.21. The molecule has 17 heavy (non-hydrogen) atoms. The van der Waals surface area contributed by atoms with Gasteiger partial charge in [0.15, 0.2) is 0 Å². The summed E-state index contributed by atoms with van der Waals surface area (Å²) in [6.45, 7) is 4.52. The summed E-state index contributed by atoms with van der Waals surface area (Å²) in [7, 11) is 0. The van der Waals surface area contributed by atoms with Crippen molar-refractivity contribution in [1.82, 2.24) is 0 Å². The Kier molecular flexibility index (Phi) is 3.48. The van der Waals surface area contributed by atoms with E-state index < -0.39 is 0 Å². The number of anilines is 1. The van der Waals surface area contributed by atoms with E-state index in [0.717, 1.165) is 16.8 Å². The molecule has 0 aliphatic heterocycles. The second-order valence-electron chi connectivity index (χ2n) is 5.03. The van der Waals surface area contributed by atoms with Crippen LogP contribution in [0.2, 0.25) is 0 Å². The van der Waals surface area contributed by atoms with E-state index in [0.29, 0.717) is 12.5 Å². The van der Waals surface area contributed by atoms with Gasteiger partial charge in [0, 0.05) is 18.2 Å². The molecular formula is C14H20N2O. The molecule has 92 valence electrons. The number of hydrogen-bond donors (Lipinski definition) is 2. The minimum absolute atomic E-state index is 0.122. The summed E-state index contributed by atoms with van der Waals surface area (Å²) in [6, 6.07) is 5.97. The molecule has 1 aromatic rings. The molecule has 1 aliphatic carbocycles. The van der Waals surface area contributed by atoms with Gasteiger partial charge in [-0.15, -0.1) is 0 Å². The number of aryl methyl sites for hydroxylation is 1. The van der Waals surface area contributed by atoms with Gasteiger partial charge in [-0.2, -0.15) is 0 Å². The summed E-state index contributed by atoms with van der Waals surface area (Å²) in [5.74, 6) is 0.840. The van der Waals surface area contributed by atoms with Crippen LogP contribution in [0.4, 0.5) is 5.69 Å². The fraction of sp³-hybridized carbons (Fsp3) is 0.500. The van der Waals surface area contributed by atoms with E-state index in [-0.39, 0.29) is 11.8 Å². The topological polar surface area (TPSA) is 55.1 Å². The molecule has 1 atom stereocenters. The molecule has 0 radical (unpaired) electrons. The summed E-state index contributed by atoms with van der Waals surface area (Å²) in [5.41, 5.74) is 8.67. The van der Waals surface area contributed by atoms with E-state index in [1.165, 1.54) is 12.8 Å².